The van der Waals surface area contributed by atoms with Crippen molar-refractivity contribution in [3.63, 3.8) is 0 Å². The Morgan fingerprint density at radius 2 is 1.93 bits per heavy atom. The lowest BCUT2D eigenvalue weighted by Gasteiger charge is -2.09. The summed E-state index contributed by atoms with van der Waals surface area (Å²) in [6.45, 7) is 0.234. The van der Waals surface area contributed by atoms with Gasteiger partial charge in [0.15, 0.2) is 0 Å². The fourth-order valence-electron chi connectivity index (χ4n) is 2.45. The van der Waals surface area contributed by atoms with Crippen molar-refractivity contribution in [2.75, 3.05) is 12.0 Å². The first-order valence-corrected chi connectivity index (χ1v) is 8.83. The number of carbonyl (C=O) groups is 1. The quantitative estimate of drug-likeness (QED) is 0.614. The van der Waals surface area contributed by atoms with E-state index in [1.807, 2.05) is 0 Å². The van der Waals surface area contributed by atoms with Gasteiger partial charge in [0.05, 0.1) is 22.5 Å². The van der Waals surface area contributed by atoms with E-state index in [0.717, 1.165) is 0 Å². The molecule has 9 heteroatoms. The van der Waals surface area contributed by atoms with Gasteiger partial charge in [0, 0.05) is 11.4 Å². The van der Waals surface area contributed by atoms with Crippen molar-refractivity contribution in [1.29, 1.82) is 0 Å². The first-order chi connectivity index (χ1) is 13.0. The van der Waals surface area contributed by atoms with Gasteiger partial charge in [-0.25, -0.2) is 4.79 Å². The normalized spacial score (nSPS) is 10.7. The van der Waals surface area contributed by atoms with E-state index >= 15 is 0 Å². The molecule has 0 radical (unpaired) electrons. The number of benzene rings is 2. The molecule has 0 bridgehead atoms. The molecule has 1 aromatic heterocycles. The summed E-state index contributed by atoms with van der Waals surface area (Å²) in [7, 11) is 0. The summed E-state index contributed by atoms with van der Waals surface area (Å²) in [6.07, 6.45) is 0.426. The Bertz CT molecular complexity index is 1110. The second-order valence-corrected chi connectivity index (χ2v) is 6.52. The maximum Gasteiger partial charge on any atom is 0.348 e. The van der Waals surface area contributed by atoms with E-state index in [1.165, 1.54) is 0 Å². The monoisotopic (exact) mass is 407 g/mol. The Balaban J connectivity index is 1.59. The Labute approximate surface area is 163 Å². The topological polar surface area (TPSA) is 93.2 Å². The van der Waals surface area contributed by atoms with Crippen LogP contribution in [0.2, 0.25) is 10.0 Å². The predicted molar refractivity (Wildman–Crippen MR) is 104 cm³/mol. The third kappa shape index (κ3) is 4.50. The van der Waals surface area contributed by atoms with Crippen molar-refractivity contribution in [2.24, 2.45) is 0 Å². The number of amides is 1. The Kier molecular flexibility index (Phi) is 5.83. The molecule has 0 aliphatic rings. The third-order valence-corrected chi connectivity index (χ3v) is 4.27. The van der Waals surface area contributed by atoms with E-state index in [4.69, 9.17) is 27.9 Å². The number of para-hydroxylation sites is 1. The van der Waals surface area contributed by atoms with Crippen LogP contribution in [-0.4, -0.2) is 22.2 Å². The first kappa shape index (κ1) is 19.0. The zero-order chi connectivity index (χ0) is 19.4. The fraction of sp³-hybridized carbons (Fsp3) is 0.167. The number of nitrogens with zero attached hydrogens (tertiary/aromatic N) is 1. The van der Waals surface area contributed by atoms with Crippen molar-refractivity contribution in [3.8, 4) is 5.75 Å². The molecule has 140 valence electrons. The molecule has 3 rings (SSSR count). The standard InChI is InChI=1S/C18H15Cl2N3O4/c19-11-7-8-15(13(20)10-11)27-9-3-6-16(24)22-23-17(25)12-4-1-2-5-14(12)21-18(23)26/h1-2,4-5,7-8,10H,3,6,9H2,(H,21,26)(H,22,24). The summed E-state index contributed by atoms with van der Waals surface area (Å²) in [6, 6.07) is 11.4. The molecule has 0 atom stereocenters. The number of H-pyrrole nitrogens is 1. The number of rotatable bonds is 6. The lowest BCUT2D eigenvalue weighted by Crippen LogP contribution is -2.43. The van der Waals surface area contributed by atoms with Gasteiger partial charge in [-0.05, 0) is 36.8 Å². The van der Waals surface area contributed by atoms with Gasteiger partial charge in [-0.2, -0.15) is 4.68 Å². The molecule has 0 unspecified atom stereocenters. The van der Waals surface area contributed by atoms with Gasteiger partial charge in [0.1, 0.15) is 5.75 Å². The van der Waals surface area contributed by atoms with Crippen molar-refractivity contribution in [3.05, 3.63) is 73.3 Å². The van der Waals surface area contributed by atoms with Crippen LogP contribution in [0, 0.1) is 0 Å². The zero-order valence-electron chi connectivity index (χ0n) is 14.0. The second kappa shape index (κ2) is 8.28. The van der Waals surface area contributed by atoms with Crippen LogP contribution >= 0.6 is 23.2 Å². The lowest BCUT2D eigenvalue weighted by molar-refractivity contribution is -0.117. The van der Waals surface area contributed by atoms with Gasteiger partial charge in [0.25, 0.3) is 5.56 Å². The van der Waals surface area contributed by atoms with Gasteiger partial charge in [-0.3, -0.25) is 15.0 Å². The van der Waals surface area contributed by atoms with Crippen molar-refractivity contribution in [1.82, 2.24) is 9.66 Å². The molecule has 2 N–H and O–H groups in total. The summed E-state index contributed by atoms with van der Waals surface area (Å²) in [5.74, 6) is -0.0210. The molecule has 1 amide bonds. The minimum absolute atomic E-state index is 0.0594. The largest absolute Gasteiger partial charge is 0.492 e. The van der Waals surface area contributed by atoms with E-state index in [9.17, 15) is 14.4 Å². The lowest BCUT2D eigenvalue weighted by atomic mass is 10.2. The van der Waals surface area contributed by atoms with E-state index < -0.39 is 17.2 Å². The molecule has 0 fully saturated rings. The summed E-state index contributed by atoms with van der Waals surface area (Å²) in [5.41, 5.74) is 1.42. The van der Waals surface area contributed by atoms with Crippen molar-refractivity contribution >= 4 is 40.0 Å². The van der Waals surface area contributed by atoms with E-state index in [-0.39, 0.29) is 13.0 Å². The second-order valence-electron chi connectivity index (χ2n) is 5.68. The molecule has 0 saturated heterocycles. The summed E-state index contributed by atoms with van der Waals surface area (Å²) in [5, 5.41) is 1.18. The van der Waals surface area contributed by atoms with E-state index in [2.05, 4.69) is 10.4 Å². The molecule has 0 aliphatic heterocycles. The van der Waals surface area contributed by atoms with Crippen LogP contribution in [0.5, 0.6) is 5.75 Å². The van der Waals surface area contributed by atoms with Crippen LogP contribution in [0.25, 0.3) is 10.9 Å². The average molecular weight is 408 g/mol. The van der Waals surface area contributed by atoms with Crippen molar-refractivity contribution < 1.29 is 9.53 Å². The predicted octanol–water partition coefficient (Wildman–Crippen LogP) is 2.93. The number of ether oxygens (including phenoxy) is 1. The highest BCUT2D eigenvalue weighted by molar-refractivity contribution is 6.35. The van der Waals surface area contributed by atoms with Gasteiger partial charge in [0.2, 0.25) is 5.91 Å². The molecule has 0 aliphatic carbocycles. The van der Waals surface area contributed by atoms with Crippen LogP contribution < -0.4 is 21.4 Å². The molecular formula is C18H15Cl2N3O4. The Morgan fingerprint density at radius 3 is 2.70 bits per heavy atom. The fourth-order valence-corrected chi connectivity index (χ4v) is 2.91. The molecular weight excluding hydrogens is 393 g/mol. The molecule has 2 aromatic carbocycles. The van der Waals surface area contributed by atoms with Crippen LogP contribution in [0.1, 0.15) is 12.8 Å². The van der Waals surface area contributed by atoms with Gasteiger partial charge < -0.3 is 9.72 Å². The summed E-state index contributed by atoms with van der Waals surface area (Å²) >= 11 is 11.8. The van der Waals surface area contributed by atoms with Gasteiger partial charge in [-0.15, -0.1) is 0 Å². The van der Waals surface area contributed by atoms with E-state index in [0.29, 0.717) is 37.8 Å². The number of hydrogen-bond acceptors (Lipinski definition) is 4. The van der Waals surface area contributed by atoms with Gasteiger partial charge >= 0.3 is 5.69 Å². The average Bonchev–Trinajstić information content (AvgIpc) is 2.63. The van der Waals surface area contributed by atoms with E-state index in [1.54, 1.807) is 42.5 Å². The number of hydrogen-bond donors (Lipinski definition) is 2. The maximum absolute atomic E-state index is 12.3. The van der Waals surface area contributed by atoms with Crippen LogP contribution in [-0.2, 0) is 4.79 Å². The number of nitrogens with one attached hydrogen (secondary N) is 2. The molecule has 1 heterocycles. The molecule has 3 aromatic rings. The minimum Gasteiger partial charge on any atom is -0.492 e. The number of fused-ring (bicyclic) bond motifs is 1. The summed E-state index contributed by atoms with van der Waals surface area (Å²) in [4.78, 5) is 39.0. The first-order valence-electron chi connectivity index (χ1n) is 8.07. The number of halogens is 2. The maximum atomic E-state index is 12.3. The highest BCUT2D eigenvalue weighted by Gasteiger charge is 2.10. The Hall–Kier alpha value is -2.77. The molecule has 7 nitrogen and oxygen atoms in total. The number of aromatic amines is 1. The SMILES string of the molecule is O=C(CCCOc1ccc(Cl)cc1Cl)Nn1c(=O)[nH]c2ccccc2c1=O. The zero-order valence-corrected chi connectivity index (χ0v) is 15.5. The van der Waals surface area contributed by atoms with Crippen LogP contribution in [0.4, 0.5) is 0 Å². The highest BCUT2D eigenvalue weighted by Crippen LogP contribution is 2.27. The summed E-state index contributed by atoms with van der Waals surface area (Å²) < 4.78 is 6.16. The number of carbonyl (C=O) groups excluding carboxylic acids is 1. The van der Waals surface area contributed by atoms with Crippen LogP contribution in [0.15, 0.2) is 52.1 Å². The third-order valence-electron chi connectivity index (χ3n) is 3.74. The minimum atomic E-state index is -0.712. The molecule has 27 heavy (non-hydrogen) atoms. The smallest absolute Gasteiger partial charge is 0.348 e. The van der Waals surface area contributed by atoms with Gasteiger partial charge in [-0.1, -0.05) is 35.3 Å². The Morgan fingerprint density at radius 1 is 1.15 bits per heavy atom. The molecule has 0 spiro atoms. The highest BCUT2D eigenvalue weighted by atomic mass is 35.5. The van der Waals surface area contributed by atoms with Crippen LogP contribution in [0.3, 0.4) is 0 Å². The number of aromatic nitrogens is 2. The van der Waals surface area contributed by atoms with Crippen molar-refractivity contribution in [2.45, 2.75) is 12.8 Å². The molecule has 0 saturated carbocycles.